The number of fused-ring (bicyclic) bond motifs is 2. The van der Waals surface area contributed by atoms with Crippen molar-refractivity contribution >= 4 is 28.3 Å². The Labute approximate surface area is 149 Å². The molecule has 6 heteroatoms. The summed E-state index contributed by atoms with van der Waals surface area (Å²) in [7, 11) is 0. The molecule has 1 amide bonds. The van der Waals surface area contributed by atoms with E-state index in [1.54, 1.807) is 47.0 Å². The number of para-hydroxylation sites is 1. The number of nitrogens with zero attached hydrogens (tertiary/aromatic N) is 2. The van der Waals surface area contributed by atoms with Gasteiger partial charge < -0.3 is 5.32 Å². The van der Waals surface area contributed by atoms with Gasteiger partial charge in [-0.05, 0) is 43.7 Å². The minimum Gasteiger partial charge on any atom is -0.321 e. The molecule has 0 radical (unpaired) electrons. The lowest BCUT2D eigenvalue weighted by atomic mass is 10.1. The van der Waals surface area contributed by atoms with E-state index in [4.69, 9.17) is 0 Å². The second-order valence-corrected chi connectivity index (χ2v) is 6.38. The Morgan fingerprint density at radius 3 is 2.77 bits per heavy atom. The molecule has 0 saturated heterocycles. The maximum Gasteiger partial charge on any atom is 0.261 e. The minimum atomic E-state index is -0.344. The molecule has 1 aliphatic rings. The Morgan fingerprint density at radius 2 is 1.96 bits per heavy atom. The zero-order valence-corrected chi connectivity index (χ0v) is 14.3. The third kappa shape index (κ3) is 2.69. The van der Waals surface area contributed by atoms with Crippen LogP contribution in [-0.2, 0) is 13.0 Å². The van der Waals surface area contributed by atoms with E-state index < -0.39 is 0 Å². The molecule has 1 aromatic heterocycles. The average molecular weight is 347 g/mol. The first kappa shape index (κ1) is 16.2. The minimum absolute atomic E-state index is 0.0589. The lowest BCUT2D eigenvalue weighted by Crippen LogP contribution is -2.21. The third-order valence-corrected chi connectivity index (χ3v) is 4.63. The second kappa shape index (κ2) is 6.22. The Kier molecular flexibility index (Phi) is 3.88. The Hall–Kier alpha value is -3.28. The van der Waals surface area contributed by atoms with Crippen LogP contribution >= 0.6 is 0 Å². The van der Waals surface area contributed by atoms with Gasteiger partial charge in [-0.1, -0.05) is 12.1 Å². The van der Waals surface area contributed by atoms with Crippen LogP contribution in [-0.4, -0.2) is 21.2 Å². The number of Topliss-reactive ketones (excluding diaryl/α,β-unsaturated/α-hetero) is 1. The number of hydrogen-bond acceptors (Lipinski definition) is 4. The van der Waals surface area contributed by atoms with Crippen molar-refractivity contribution in [1.82, 2.24) is 9.55 Å². The van der Waals surface area contributed by atoms with E-state index in [2.05, 4.69) is 10.3 Å². The predicted molar refractivity (Wildman–Crippen MR) is 98.7 cm³/mol. The van der Waals surface area contributed by atoms with E-state index in [1.807, 2.05) is 0 Å². The van der Waals surface area contributed by atoms with Gasteiger partial charge in [-0.25, -0.2) is 4.98 Å². The molecule has 2 aromatic carbocycles. The van der Waals surface area contributed by atoms with Crippen LogP contribution in [0.4, 0.5) is 5.69 Å². The summed E-state index contributed by atoms with van der Waals surface area (Å²) >= 11 is 0. The van der Waals surface area contributed by atoms with Gasteiger partial charge in [-0.2, -0.15) is 0 Å². The van der Waals surface area contributed by atoms with Gasteiger partial charge in [0, 0.05) is 24.1 Å². The topological polar surface area (TPSA) is 81.1 Å². The molecule has 3 aromatic rings. The van der Waals surface area contributed by atoms with Crippen LogP contribution in [0, 0.1) is 0 Å². The Balaban J connectivity index is 1.71. The van der Waals surface area contributed by atoms with Crippen molar-refractivity contribution in [2.75, 3.05) is 5.32 Å². The fourth-order valence-corrected chi connectivity index (χ4v) is 3.32. The summed E-state index contributed by atoms with van der Waals surface area (Å²) < 4.78 is 1.70. The summed E-state index contributed by atoms with van der Waals surface area (Å²) in [5.41, 5.74) is 1.78. The molecule has 6 nitrogen and oxygen atoms in total. The standard InChI is InChI=1S/C20H17N3O3/c1-12(24)14-5-2-3-6-16(14)22-19(25)13-8-9-15-17(11-13)21-18-7-4-10-23(18)20(15)26/h2-3,5-6,8-9,11H,4,7,10H2,1H3,(H,22,25). The highest BCUT2D eigenvalue weighted by atomic mass is 16.2. The van der Waals surface area contributed by atoms with Crippen molar-refractivity contribution in [3.63, 3.8) is 0 Å². The van der Waals surface area contributed by atoms with Crippen LogP contribution in [0.2, 0.25) is 0 Å². The monoisotopic (exact) mass is 347 g/mol. The molecule has 0 bridgehead atoms. The molecule has 0 aliphatic carbocycles. The third-order valence-electron chi connectivity index (χ3n) is 4.63. The molecule has 130 valence electrons. The van der Waals surface area contributed by atoms with Crippen LogP contribution in [0.3, 0.4) is 0 Å². The van der Waals surface area contributed by atoms with Gasteiger partial charge in [0.25, 0.3) is 11.5 Å². The van der Waals surface area contributed by atoms with Crippen LogP contribution in [0.1, 0.15) is 39.9 Å². The smallest absolute Gasteiger partial charge is 0.261 e. The molecule has 0 unspecified atom stereocenters. The van der Waals surface area contributed by atoms with Gasteiger partial charge >= 0.3 is 0 Å². The van der Waals surface area contributed by atoms with Crippen molar-refractivity contribution in [3.8, 4) is 0 Å². The lowest BCUT2D eigenvalue weighted by molar-refractivity contribution is 0.101. The normalized spacial score (nSPS) is 12.8. The van der Waals surface area contributed by atoms with Gasteiger partial charge in [0.05, 0.1) is 16.6 Å². The number of carbonyl (C=O) groups is 2. The number of ketones is 1. The molecule has 0 atom stereocenters. The number of hydrogen-bond donors (Lipinski definition) is 1. The number of anilines is 1. The van der Waals surface area contributed by atoms with E-state index in [9.17, 15) is 14.4 Å². The summed E-state index contributed by atoms with van der Waals surface area (Å²) in [6, 6.07) is 11.7. The Morgan fingerprint density at radius 1 is 1.15 bits per heavy atom. The molecule has 26 heavy (non-hydrogen) atoms. The van der Waals surface area contributed by atoms with E-state index in [0.29, 0.717) is 34.3 Å². The number of aryl methyl sites for hydroxylation is 1. The lowest BCUT2D eigenvalue weighted by Gasteiger charge is -2.10. The quantitative estimate of drug-likeness (QED) is 0.739. The fourth-order valence-electron chi connectivity index (χ4n) is 3.32. The zero-order valence-electron chi connectivity index (χ0n) is 14.3. The highest BCUT2D eigenvalue weighted by Crippen LogP contribution is 2.19. The molecular weight excluding hydrogens is 330 g/mol. The van der Waals surface area contributed by atoms with Gasteiger partial charge in [-0.15, -0.1) is 0 Å². The van der Waals surface area contributed by atoms with Crippen LogP contribution in [0.15, 0.2) is 47.3 Å². The number of rotatable bonds is 3. The van der Waals surface area contributed by atoms with Crippen LogP contribution in [0.5, 0.6) is 0 Å². The van der Waals surface area contributed by atoms with Gasteiger partial charge in [0.1, 0.15) is 5.82 Å². The maximum absolute atomic E-state index is 12.6. The SMILES string of the molecule is CC(=O)c1ccccc1NC(=O)c1ccc2c(=O)n3c(nc2c1)CCC3. The van der Waals surface area contributed by atoms with E-state index in [-0.39, 0.29) is 17.2 Å². The summed E-state index contributed by atoms with van der Waals surface area (Å²) in [6.45, 7) is 2.15. The molecule has 0 saturated carbocycles. The summed E-state index contributed by atoms with van der Waals surface area (Å²) in [5.74, 6) is 0.301. The number of benzene rings is 2. The van der Waals surface area contributed by atoms with Crippen molar-refractivity contribution in [1.29, 1.82) is 0 Å². The highest BCUT2D eigenvalue weighted by molar-refractivity contribution is 6.09. The number of carbonyl (C=O) groups excluding carboxylic acids is 2. The first-order valence-corrected chi connectivity index (χ1v) is 8.49. The first-order chi connectivity index (χ1) is 12.5. The number of nitrogens with one attached hydrogen (secondary N) is 1. The van der Waals surface area contributed by atoms with Gasteiger partial charge in [0.2, 0.25) is 0 Å². The molecular formula is C20H17N3O3. The molecule has 2 heterocycles. The highest BCUT2D eigenvalue weighted by Gasteiger charge is 2.17. The number of amides is 1. The number of aromatic nitrogens is 2. The van der Waals surface area contributed by atoms with Crippen molar-refractivity contribution in [2.45, 2.75) is 26.3 Å². The molecule has 0 fully saturated rings. The maximum atomic E-state index is 12.6. The summed E-state index contributed by atoms with van der Waals surface area (Å²) in [4.78, 5) is 41.4. The van der Waals surface area contributed by atoms with Gasteiger partial charge in [-0.3, -0.25) is 19.0 Å². The molecule has 4 rings (SSSR count). The molecule has 0 spiro atoms. The van der Waals surface area contributed by atoms with E-state index >= 15 is 0 Å². The van der Waals surface area contributed by atoms with E-state index in [0.717, 1.165) is 18.7 Å². The fraction of sp³-hybridized carbons (Fsp3) is 0.200. The molecule has 1 N–H and O–H groups in total. The van der Waals surface area contributed by atoms with Crippen molar-refractivity contribution in [3.05, 3.63) is 69.8 Å². The molecule has 1 aliphatic heterocycles. The zero-order chi connectivity index (χ0) is 18.3. The van der Waals surface area contributed by atoms with Crippen molar-refractivity contribution < 1.29 is 9.59 Å². The summed E-state index contributed by atoms with van der Waals surface area (Å²) in [6.07, 6.45) is 1.68. The largest absolute Gasteiger partial charge is 0.321 e. The van der Waals surface area contributed by atoms with E-state index in [1.165, 1.54) is 6.92 Å². The Bertz CT molecular complexity index is 1110. The predicted octanol–water partition coefficient (Wildman–Crippen LogP) is 2.80. The average Bonchev–Trinajstić information content (AvgIpc) is 3.10. The van der Waals surface area contributed by atoms with Crippen LogP contribution < -0.4 is 10.9 Å². The second-order valence-electron chi connectivity index (χ2n) is 6.38. The van der Waals surface area contributed by atoms with Gasteiger partial charge in [0.15, 0.2) is 5.78 Å². The first-order valence-electron chi connectivity index (χ1n) is 8.49. The van der Waals surface area contributed by atoms with Crippen molar-refractivity contribution in [2.24, 2.45) is 0 Å². The van der Waals surface area contributed by atoms with Crippen LogP contribution in [0.25, 0.3) is 10.9 Å². The summed E-state index contributed by atoms with van der Waals surface area (Å²) in [5, 5.41) is 3.28.